The summed E-state index contributed by atoms with van der Waals surface area (Å²) in [5, 5.41) is 17.0. The predicted molar refractivity (Wildman–Crippen MR) is 76.5 cm³/mol. The van der Waals surface area contributed by atoms with E-state index in [1.807, 2.05) is 38.3 Å². The molecule has 0 saturated carbocycles. The van der Waals surface area contributed by atoms with Gasteiger partial charge in [-0.2, -0.15) is 0 Å². The molecule has 106 valence electrons. The van der Waals surface area contributed by atoms with Crippen molar-refractivity contribution in [2.75, 3.05) is 11.9 Å². The van der Waals surface area contributed by atoms with Crippen LogP contribution in [0.1, 0.15) is 27.2 Å². The van der Waals surface area contributed by atoms with Gasteiger partial charge in [-0.05, 0) is 28.8 Å². The first kappa shape index (κ1) is 15.5. The molecule has 3 N–H and O–H groups in total. The minimum atomic E-state index is -0.847. The van der Waals surface area contributed by atoms with E-state index in [1.165, 1.54) is 11.3 Å². The molecule has 0 spiro atoms. The van der Waals surface area contributed by atoms with Crippen LogP contribution in [0.15, 0.2) is 17.5 Å². The molecule has 0 radical (unpaired) electrons. The van der Waals surface area contributed by atoms with Gasteiger partial charge >= 0.3 is 12.0 Å². The molecule has 0 aliphatic heterocycles. The normalized spacial score (nSPS) is 12.8. The van der Waals surface area contributed by atoms with Gasteiger partial charge in [-0.15, -0.1) is 11.3 Å². The molecular formula is C13H20N2O3S. The average molecular weight is 284 g/mol. The van der Waals surface area contributed by atoms with Gasteiger partial charge in [0, 0.05) is 6.54 Å². The van der Waals surface area contributed by atoms with Crippen LogP contribution >= 0.6 is 11.3 Å². The molecule has 0 aromatic carbocycles. The lowest BCUT2D eigenvalue weighted by Crippen LogP contribution is -2.38. The molecule has 0 fully saturated rings. The number of carbonyl (C=O) groups excluding carboxylic acids is 1. The molecule has 1 rings (SSSR count). The molecule has 1 heterocycles. The van der Waals surface area contributed by atoms with Gasteiger partial charge in [-0.25, -0.2) is 4.79 Å². The van der Waals surface area contributed by atoms with Crippen LogP contribution in [0.2, 0.25) is 0 Å². The lowest BCUT2D eigenvalue weighted by molar-refractivity contribution is -0.139. The number of amides is 2. The molecule has 0 bridgehead atoms. The highest BCUT2D eigenvalue weighted by atomic mass is 32.1. The first-order valence-corrected chi connectivity index (χ1v) is 6.97. The topological polar surface area (TPSA) is 78.4 Å². The van der Waals surface area contributed by atoms with Crippen molar-refractivity contribution in [1.29, 1.82) is 0 Å². The van der Waals surface area contributed by atoms with Crippen molar-refractivity contribution in [3.8, 4) is 0 Å². The Morgan fingerprint density at radius 1 is 1.42 bits per heavy atom. The number of thiophene rings is 1. The van der Waals surface area contributed by atoms with Crippen LogP contribution in [0.5, 0.6) is 0 Å². The van der Waals surface area contributed by atoms with Gasteiger partial charge in [0.05, 0.1) is 11.4 Å². The van der Waals surface area contributed by atoms with E-state index in [1.54, 1.807) is 0 Å². The third kappa shape index (κ3) is 5.74. The summed E-state index contributed by atoms with van der Waals surface area (Å²) < 4.78 is 0. The van der Waals surface area contributed by atoms with Gasteiger partial charge < -0.3 is 10.4 Å². The van der Waals surface area contributed by atoms with Crippen LogP contribution in [0.3, 0.4) is 0 Å². The third-order valence-corrected chi connectivity index (χ3v) is 3.70. The smallest absolute Gasteiger partial charge is 0.319 e. The molecule has 19 heavy (non-hydrogen) atoms. The molecular weight excluding hydrogens is 264 g/mol. The minimum Gasteiger partial charge on any atom is -0.481 e. The number of aliphatic carboxylic acids is 1. The van der Waals surface area contributed by atoms with Crippen LogP contribution in [0.4, 0.5) is 9.80 Å². The summed E-state index contributed by atoms with van der Waals surface area (Å²) in [5.74, 6) is -0.959. The Labute approximate surface area is 117 Å². The van der Waals surface area contributed by atoms with Crippen molar-refractivity contribution in [1.82, 2.24) is 5.32 Å². The van der Waals surface area contributed by atoms with E-state index < -0.39 is 5.97 Å². The first-order chi connectivity index (χ1) is 8.79. The highest BCUT2D eigenvalue weighted by Gasteiger charge is 2.27. The maximum Gasteiger partial charge on any atom is 0.319 e. The van der Waals surface area contributed by atoms with Crippen molar-refractivity contribution < 1.29 is 14.7 Å². The number of hydrogen-bond acceptors (Lipinski definition) is 3. The average Bonchev–Trinajstić information content (AvgIpc) is 2.74. The number of hydrogen-bond donors (Lipinski definition) is 3. The number of nitrogens with one attached hydrogen (secondary N) is 2. The highest BCUT2D eigenvalue weighted by Crippen LogP contribution is 2.28. The number of carboxylic acid groups (broad SMARTS) is 1. The fourth-order valence-corrected chi connectivity index (χ4v) is 2.23. The molecule has 1 aromatic rings. The number of anilines is 1. The molecule has 0 aliphatic rings. The summed E-state index contributed by atoms with van der Waals surface area (Å²) >= 11 is 1.44. The fraction of sp³-hybridized carbons (Fsp3) is 0.538. The standard InChI is InChI=1S/C13H20N2O3S/c1-13(2,3)9(7-11(16)17)8-14-12(18)15-10-5-4-6-19-10/h4-6,9H,7-8H2,1-3H3,(H,16,17)(H2,14,15,18). The first-order valence-electron chi connectivity index (χ1n) is 6.09. The molecule has 0 saturated heterocycles. The highest BCUT2D eigenvalue weighted by molar-refractivity contribution is 7.14. The van der Waals surface area contributed by atoms with E-state index in [2.05, 4.69) is 10.6 Å². The van der Waals surface area contributed by atoms with Gasteiger partial charge in [0.25, 0.3) is 0 Å². The number of carboxylic acids is 1. The fourth-order valence-electron chi connectivity index (χ4n) is 1.62. The second-order valence-electron chi connectivity index (χ2n) is 5.47. The van der Waals surface area contributed by atoms with Gasteiger partial charge in [0.15, 0.2) is 0 Å². The zero-order valence-corrected chi connectivity index (χ0v) is 12.2. The van der Waals surface area contributed by atoms with E-state index >= 15 is 0 Å². The summed E-state index contributed by atoms with van der Waals surface area (Å²) in [7, 11) is 0. The Morgan fingerprint density at radius 2 is 2.11 bits per heavy atom. The Hall–Kier alpha value is -1.56. The molecule has 5 nitrogen and oxygen atoms in total. The maximum atomic E-state index is 11.7. The Balaban J connectivity index is 2.47. The molecule has 1 aromatic heterocycles. The molecule has 6 heteroatoms. The van der Waals surface area contributed by atoms with Gasteiger partial charge in [0.1, 0.15) is 0 Å². The van der Waals surface area contributed by atoms with E-state index in [9.17, 15) is 9.59 Å². The van der Waals surface area contributed by atoms with Crippen LogP contribution < -0.4 is 10.6 Å². The zero-order chi connectivity index (χ0) is 14.5. The number of rotatable bonds is 5. The van der Waals surface area contributed by atoms with Crippen LogP contribution in [0, 0.1) is 11.3 Å². The monoisotopic (exact) mass is 284 g/mol. The SMILES string of the molecule is CC(C)(C)C(CNC(=O)Nc1cccs1)CC(=O)O. The van der Waals surface area contributed by atoms with Crippen LogP contribution in [-0.2, 0) is 4.79 Å². The van der Waals surface area contributed by atoms with Gasteiger partial charge in [-0.3, -0.25) is 10.1 Å². The quantitative estimate of drug-likeness (QED) is 0.777. The van der Waals surface area contributed by atoms with E-state index in [0.29, 0.717) is 6.54 Å². The lowest BCUT2D eigenvalue weighted by atomic mass is 9.79. The Kier molecular flexibility index (Phi) is 5.35. The predicted octanol–water partition coefficient (Wildman–Crippen LogP) is 3.01. The van der Waals surface area contributed by atoms with Crippen molar-refractivity contribution >= 4 is 28.3 Å². The molecule has 1 atom stereocenters. The second kappa shape index (κ2) is 6.56. The van der Waals surface area contributed by atoms with Crippen molar-refractivity contribution in [3.05, 3.63) is 17.5 Å². The van der Waals surface area contributed by atoms with Crippen molar-refractivity contribution in [3.63, 3.8) is 0 Å². The van der Waals surface area contributed by atoms with Crippen molar-refractivity contribution in [2.24, 2.45) is 11.3 Å². The van der Waals surface area contributed by atoms with Crippen LogP contribution in [0.25, 0.3) is 0 Å². The maximum absolute atomic E-state index is 11.7. The minimum absolute atomic E-state index is 0.0444. The largest absolute Gasteiger partial charge is 0.481 e. The third-order valence-electron chi connectivity index (χ3n) is 2.91. The Bertz CT molecular complexity index is 424. The second-order valence-corrected chi connectivity index (χ2v) is 6.42. The van der Waals surface area contributed by atoms with E-state index in [4.69, 9.17) is 5.11 Å². The van der Waals surface area contributed by atoms with Crippen LogP contribution in [-0.4, -0.2) is 23.7 Å². The summed E-state index contributed by atoms with van der Waals surface area (Å²) in [4.78, 5) is 22.5. The number of urea groups is 1. The van der Waals surface area contributed by atoms with Gasteiger partial charge in [-0.1, -0.05) is 20.8 Å². The molecule has 2 amide bonds. The zero-order valence-electron chi connectivity index (χ0n) is 11.4. The van der Waals surface area contributed by atoms with E-state index in [-0.39, 0.29) is 23.8 Å². The summed E-state index contributed by atoms with van der Waals surface area (Å²) in [6.07, 6.45) is 0.0444. The number of carbonyl (C=O) groups is 2. The molecule has 1 unspecified atom stereocenters. The van der Waals surface area contributed by atoms with E-state index in [0.717, 1.165) is 5.00 Å². The lowest BCUT2D eigenvalue weighted by Gasteiger charge is -2.29. The summed E-state index contributed by atoms with van der Waals surface area (Å²) in [5.41, 5.74) is -0.172. The van der Waals surface area contributed by atoms with Gasteiger partial charge in [0.2, 0.25) is 0 Å². The summed E-state index contributed by atoms with van der Waals surface area (Å²) in [6.45, 7) is 6.26. The Morgan fingerprint density at radius 3 is 2.58 bits per heavy atom. The molecule has 0 aliphatic carbocycles. The van der Waals surface area contributed by atoms with Crippen molar-refractivity contribution in [2.45, 2.75) is 27.2 Å². The summed E-state index contributed by atoms with van der Waals surface area (Å²) in [6, 6.07) is 3.35.